The van der Waals surface area contributed by atoms with E-state index in [1.165, 1.54) is 0 Å². The van der Waals surface area contributed by atoms with Crippen LogP contribution in [0.5, 0.6) is 0 Å². The number of hydrogen-bond donors (Lipinski definition) is 1. The minimum atomic E-state index is -0.0990. The number of nitrogens with zero attached hydrogens (tertiary/aromatic N) is 3. The van der Waals surface area contributed by atoms with Crippen LogP contribution in [0, 0.1) is 11.3 Å². The van der Waals surface area contributed by atoms with Crippen molar-refractivity contribution in [3.8, 4) is 6.07 Å². The van der Waals surface area contributed by atoms with Crippen molar-refractivity contribution in [2.45, 2.75) is 19.4 Å². The van der Waals surface area contributed by atoms with Gasteiger partial charge in [0.15, 0.2) is 0 Å². The van der Waals surface area contributed by atoms with E-state index in [9.17, 15) is 4.79 Å². The number of anilines is 1. The van der Waals surface area contributed by atoms with Gasteiger partial charge in [-0.25, -0.2) is 0 Å². The number of hydrogen-bond acceptors (Lipinski definition) is 3. The van der Waals surface area contributed by atoms with Crippen LogP contribution in [0.25, 0.3) is 0 Å². The van der Waals surface area contributed by atoms with Crippen LogP contribution in [0.3, 0.4) is 0 Å². The molecule has 1 aromatic carbocycles. The zero-order chi connectivity index (χ0) is 13.7. The van der Waals surface area contributed by atoms with Gasteiger partial charge < -0.3 is 5.32 Å². The predicted molar refractivity (Wildman–Crippen MR) is 71.3 cm³/mol. The Balaban J connectivity index is 1.96. The number of carbonyl (C=O) groups excluding carboxylic acids is 1. The molecule has 1 amide bonds. The van der Waals surface area contributed by atoms with Crippen molar-refractivity contribution in [2.75, 3.05) is 5.32 Å². The first-order valence-corrected chi connectivity index (χ1v) is 5.98. The average Bonchev–Trinajstić information content (AvgIpc) is 2.92. The van der Waals surface area contributed by atoms with Crippen molar-refractivity contribution in [3.63, 3.8) is 0 Å². The second-order valence-corrected chi connectivity index (χ2v) is 4.28. The van der Waals surface area contributed by atoms with Gasteiger partial charge in [-0.15, -0.1) is 0 Å². The van der Waals surface area contributed by atoms with Gasteiger partial charge in [0, 0.05) is 24.5 Å². The molecule has 0 spiro atoms. The van der Waals surface area contributed by atoms with Gasteiger partial charge in [0.2, 0.25) is 5.91 Å². The normalized spacial score (nSPS) is 11.6. The molecule has 0 saturated heterocycles. The maximum Gasteiger partial charge on any atom is 0.226 e. The summed E-state index contributed by atoms with van der Waals surface area (Å²) in [6.07, 6.45) is 3.84. The molecular formula is C14H14N4O. The highest BCUT2D eigenvalue weighted by Crippen LogP contribution is 2.13. The first-order valence-electron chi connectivity index (χ1n) is 5.98. The lowest BCUT2D eigenvalue weighted by atomic mass is 10.2. The van der Waals surface area contributed by atoms with Crippen molar-refractivity contribution < 1.29 is 4.79 Å². The topological polar surface area (TPSA) is 70.7 Å². The number of amides is 1. The third-order valence-electron chi connectivity index (χ3n) is 2.73. The van der Waals surface area contributed by atoms with E-state index in [1.54, 1.807) is 35.1 Å². The fraction of sp³-hybridized carbons (Fsp3) is 0.214. The molecule has 19 heavy (non-hydrogen) atoms. The fourth-order valence-corrected chi connectivity index (χ4v) is 1.78. The van der Waals surface area contributed by atoms with Crippen LogP contribution in [0.1, 0.15) is 24.9 Å². The molecule has 1 heterocycles. The highest BCUT2D eigenvalue weighted by atomic mass is 16.1. The third-order valence-corrected chi connectivity index (χ3v) is 2.73. The molecule has 0 aliphatic heterocycles. The lowest BCUT2D eigenvalue weighted by Gasteiger charge is -2.12. The molecule has 0 aliphatic carbocycles. The van der Waals surface area contributed by atoms with E-state index >= 15 is 0 Å². The van der Waals surface area contributed by atoms with Gasteiger partial charge in [-0.1, -0.05) is 6.07 Å². The predicted octanol–water partition coefficient (Wildman–Crippen LogP) is 2.34. The van der Waals surface area contributed by atoms with Crippen LogP contribution in [0.4, 0.5) is 5.69 Å². The number of carbonyl (C=O) groups is 1. The van der Waals surface area contributed by atoms with Gasteiger partial charge >= 0.3 is 0 Å². The number of benzene rings is 1. The summed E-state index contributed by atoms with van der Waals surface area (Å²) in [7, 11) is 0. The maximum atomic E-state index is 11.9. The molecule has 2 rings (SSSR count). The Hall–Kier alpha value is -2.61. The minimum absolute atomic E-state index is 0.00542. The fourth-order valence-electron chi connectivity index (χ4n) is 1.78. The molecule has 5 heteroatoms. The first-order chi connectivity index (χ1) is 9.19. The number of nitrogens with one attached hydrogen (secondary N) is 1. The summed E-state index contributed by atoms with van der Waals surface area (Å²) in [5, 5.41) is 15.7. The van der Waals surface area contributed by atoms with Crippen LogP contribution in [-0.2, 0) is 4.79 Å². The van der Waals surface area contributed by atoms with Crippen LogP contribution in [0.15, 0.2) is 42.7 Å². The Morgan fingerprint density at radius 1 is 1.53 bits per heavy atom. The standard InChI is InChI=1S/C14H14N4O/c1-11(18-7-3-6-16-18)8-14(19)17-13-5-2-4-12(9-13)10-15/h2-7,9,11H,8H2,1H3,(H,17,19)/t11-/m0/s1. The molecule has 2 aromatic rings. The molecule has 96 valence electrons. The van der Waals surface area contributed by atoms with E-state index < -0.39 is 0 Å². The zero-order valence-corrected chi connectivity index (χ0v) is 10.6. The van der Waals surface area contributed by atoms with Crippen molar-refractivity contribution in [3.05, 3.63) is 48.3 Å². The van der Waals surface area contributed by atoms with Gasteiger partial charge in [-0.3, -0.25) is 9.48 Å². The van der Waals surface area contributed by atoms with E-state index in [2.05, 4.69) is 10.4 Å². The Kier molecular flexibility index (Phi) is 3.94. The second-order valence-electron chi connectivity index (χ2n) is 4.28. The summed E-state index contributed by atoms with van der Waals surface area (Å²) in [6.45, 7) is 1.93. The molecule has 0 radical (unpaired) electrons. The number of aromatic nitrogens is 2. The number of nitriles is 1. The lowest BCUT2D eigenvalue weighted by Crippen LogP contribution is -2.17. The minimum Gasteiger partial charge on any atom is -0.326 e. The van der Waals surface area contributed by atoms with Crippen LogP contribution >= 0.6 is 0 Å². The van der Waals surface area contributed by atoms with Crippen molar-refractivity contribution in [1.82, 2.24) is 9.78 Å². The summed E-state index contributed by atoms with van der Waals surface area (Å²) in [5.74, 6) is -0.0990. The first kappa shape index (κ1) is 12.8. The van der Waals surface area contributed by atoms with Gasteiger partial charge in [0.05, 0.1) is 17.7 Å². The zero-order valence-electron chi connectivity index (χ0n) is 10.6. The molecule has 0 aliphatic rings. The van der Waals surface area contributed by atoms with Crippen LogP contribution in [-0.4, -0.2) is 15.7 Å². The Morgan fingerprint density at radius 3 is 3.05 bits per heavy atom. The van der Waals surface area contributed by atoms with E-state index in [-0.39, 0.29) is 11.9 Å². The largest absolute Gasteiger partial charge is 0.326 e. The van der Waals surface area contributed by atoms with E-state index in [0.29, 0.717) is 17.7 Å². The van der Waals surface area contributed by atoms with Crippen LogP contribution in [0.2, 0.25) is 0 Å². The molecule has 0 fully saturated rings. The molecular weight excluding hydrogens is 240 g/mol. The Morgan fingerprint density at radius 2 is 2.37 bits per heavy atom. The Labute approximate surface area is 111 Å². The smallest absolute Gasteiger partial charge is 0.226 e. The molecule has 1 atom stereocenters. The highest BCUT2D eigenvalue weighted by Gasteiger charge is 2.11. The Bertz CT molecular complexity index is 598. The summed E-state index contributed by atoms with van der Waals surface area (Å²) in [6, 6.07) is 10.7. The van der Waals surface area contributed by atoms with Gasteiger partial charge in [0.1, 0.15) is 0 Å². The van der Waals surface area contributed by atoms with Crippen molar-refractivity contribution >= 4 is 11.6 Å². The molecule has 1 N–H and O–H groups in total. The quantitative estimate of drug-likeness (QED) is 0.910. The van der Waals surface area contributed by atoms with Gasteiger partial charge in [-0.05, 0) is 31.2 Å². The SMILES string of the molecule is C[C@@H](CC(=O)Nc1cccc(C#N)c1)n1cccn1. The average molecular weight is 254 g/mol. The third kappa shape index (κ3) is 3.42. The number of rotatable bonds is 4. The molecule has 1 aromatic heterocycles. The van der Waals surface area contributed by atoms with Crippen LogP contribution < -0.4 is 5.32 Å². The summed E-state index contributed by atoms with van der Waals surface area (Å²) >= 11 is 0. The van der Waals surface area contributed by atoms with Crippen molar-refractivity contribution in [1.29, 1.82) is 5.26 Å². The molecule has 0 bridgehead atoms. The van der Waals surface area contributed by atoms with E-state index in [1.807, 2.05) is 25.3 Å². The summed E-state index contributed by atoms with van der Waals surface area (Å²) in [4.78, 5) is 11.9. The monoisotopic (exact) mass is 254 g/mol. The molecule has 5 nitrogen and oxygen atoms in total. The van der Waals surface area contributed by atoms with E-state index in [0.717, 1.165) is 0 Å². The summed E-state index contributed by atoms with van der Waals surface area (Å²) < 4.78 is 1.74. The van der Waals surface area contributed by atoms with E-state index in [4.69, 9.17) is 5.26 Å². The van der Waals surface area contributed by atoms with Crippen molar-refractivity contribution in [2.24, 2.45) is 0 Å². The lowest BCUT2D eigenvalue weighted by molar-refractivity contribution is -0.116. The highest BCUT2D eigenvalue weighted by molar-refractivity contribution is 5.91. The summed E-state index contributed by atoms with van der Waals surface area (Å²) in [5.41, 5.74) is 1.16. The molecule has 0 unspecified atom stereocenters. The maximum absolute atomic E-state index is 11.9. The van der Waals surface area contributed by atoms with Gasteiger partial charge in [-0.2, -0.15) is 10.4 Å². The van der Waals surface area contributed by atoms with Gasteiger partial charge in [0.25, 0.3) is 0 Å². The molecule has 0 saturated carbocycles. The second kappa shape index (κ2) is 5.83.